The Morgan fingerprint density at radius 2 is 2.38 bits per heavy atom. The third-order valence-electron chi connectivity index (χ3n) is 3.03. The Morgan fingerprint density at radius 1 is 1.50 bits per heavy atom. The highest BCUT2D eigenvalue weighted by molar-refractivity contribution is 6.29. The zero-order valence-corrected chi connectivity index (χ0v) is 9.41. The average molecular weight is 238 g/mol. The van der Waals surface area contributed by atoms with Crippen molar-refractivity contribution in [2.45, 2.75) is 12.5 Å². The molecule has 1 atom stereocenters. The number of phenolic OH excluding ortho intramolecular Hbond substituents is 1. The first kappa shape index (κ1) is 9.93. The number of aromatic nitrogens is 2. The van der Waals surface area contributed by atoms with Crippen molar-refractivity contribution in [1.29, 1.82) is 0 Å². The maximum absolute atomic E-state index is 9.51. The van der Waals surface area contributed by atoms with Crippen LogP contribution in [0.1, 0.15) is 12.5 Å². The number of nitrogens with one attached hydrogen (secondary N) is 1. The molecule has 3 rings (SSSR count). The number of rotatable bonds is 1. The molecule has 1 fully saturated rings. The number of nitrogens with zero attached hydrogens (tertiary/aromatic N) is 2. The van der Waals surface area contributed by atoms with Gasteiger partial charge in [-0.2, -0.15) is 0 Å². The second-order valence-corrected chi connectivity index (χ2v) is 4.41. The lowest BCUT2D eigenvalue weighted by atomic mass is 10.2. The van der Waals surface area contributed by atoms with Gasteiger partial charge in [-0.25, -0.2) is 4.98 Å². The Balaban J connectivity index is 2.20. The van der Waals surface area contributed by atoms with E-state index in [2.05, 4.69) is 10.3 Å². The Bertz CT molecular complexity index is 531. The van der Waals surface area contributed by atoms with Crippen molar-refractivity contribution in [2.24, 2.45) is 0 Å². The fourth-order valence-corrected chi connectivity index (χ4v) is 2.58. The summed E-state index contributed by atoms with van der Waals surface area (Å²) in [5.74, 6) is 0.247. The van der Waals surface area contributed by atoms with E-state index in [-0.39, 0.29) is 5.75 Å². The number of hydrogen-bond acceptors (Lipinski definition) is 3. The standard InChI is InChI=1S/C11H12ClN3O/c12-11-14-9-2-1-8(16)5-10(9)15(11)7-3-4-13-6-7/h1-2,5,7,13,16H,3-4,6H2. The molecule has 4 nitrogen and oxygen atoms in total. The summed E-state index contributed by atoms with van der Waals surface area (Å²) in [6.07, 6.45) is 1.04. The van der Waals surface area contributed by atoms with Gasteiger partial charge in [0.05, 0.1) is 17.1 Å². The molecule has 0 bridgehead atoms. The van der Waals surface area contributed by atoms with Gasteiger partial charge in [0.25, 0.3) is 0 Å². The minimum absolute atomic E-state index is 0.247. The van der Waals surface area contributed by atoms with Gasteiger partial charge < -0.3 is 15.0 Å². The van der Waals surface area contributed by atoms with Crippen molar-refractivity contribution >= 4 is 22.6 Å². The molecule has 84 valence electrons. The van der Waals surface area contributed by atoms with E-state index in [4.69, 9.17) is 11.6 Å². The lowest BCUT2D eigenvalue weighted by Gasteiger charge is -2.12. The van der Waals surface area contributed by atoms with E-state index in [0.29, 0.717) is 11.3 Å². The zero-order valence-electron chi connectivity index (χ0n) is 8.65. The maximum Gasteiger partial charge on any atom is 0.204 e. The SMILES string of the molecule is Oc1ccc2nc(Cl)n(C3CCNC3)c2c1. The molecule has 0 aliphatic carbocycles. The summed E-state index contributed by atoms with van der Waals surface area (Å²) in [5.41, 5.74) is 1.73. The summed E-state index contributed by atoms with van der Waals surface area (Å²) in [7, 11) is 0. The van der Waals surface area contributed by atoms with Crippen LogP contribution < -0.4 is 5.32 Å². The van der Waals surface area contributed by atoms with Crippen molar-refractivity contribution in [1.82, 2.24) is 14.9 Å². The van der Waals surface area contributed by atoms with Crippen LogP contribution in [0.2, 0.25) is 5.28 Å². The molecule has 2 aromatic rings. The van der Waals surface area contributed by atoms with E-state index in [0.717, 1.165) is 30.5 Å². The van der Waals surface area contributed by atoms with Crippen molar-refractivity contribution < 1.29 is 5.11 Å². The number of benzene rings is 1. The first-order valence-electron chi connectivity index (χ1n) is 5.33. The predicted octanol–water partition coefficient (Wildman–Crippen LogP) is 1.93. The van der Waals surface area contributed by atoms with Gasteiger partial charge in [-0.15, -0.1) is 0 Å². The van der Waals surface area contributed by atoms with Crippen molar-refractivity contribution in [3.05, 3.63) is 23.5 Å². The van der Waals surface area contributed by atoms with Gasteiger partial charge in [0.15, 0.2) is 0 Å². The van der Waals surface area contributed by atoms with Gasteiger partial charge in [-0.3, -0.25) is 0 Å². The molecule has 1 aliphatic rings. The number of aromatic hydroxyl groups is 1. The van der Waals surface area contributed by atoms with Gasteiger partial charge in [-0.05, 0) is 36.7 Å². The molecule has 5 heteroatoms. The van der Waals surface area contributed by atoms with Crippen LogP contribution in [0.5, 0.6) is 5.75 Å². The summed E-state index contributed by atoms with van der Waals surface area (Å²) in [4.78, 5) is 4.29. The number of phenols is 1. The first-order valence-corrected chi connectivity index (χ1v) is 5.70. The van der Waals surface area contributed by atoms with Crippen molar-refractivity contribution in [3.8, 4) is 5.75 Å². The number of imidazole rings is 1. The second kappa shape index (κ2) is 3.64. The number of hydrogen-bond donors (Lipinski definition) is 2. The fraction of sp³-hybridized carbons (Fsp3) is 0.364. The second-order valence-electron chi connectivity index (χ2n) is 4.07. The van der Waals surface area contributed by atoms with Crippen LogP contribution in [0.15, 0.2) is 18.2 Å². The molecule has 0 saturated carbocycles. The first-order chi connectivity index (χ1) is 7.75. The number of fused-ring (bicyclic) bond motifs is 1. The van der Waals surface area contributed by atoms with E-state index in [9.17, 15) is 5.11 Å². The van der Waals surface area contributed by atoms with Crippen LogP contribution >= 0.6 is 11.6 Å². The van der Waals surface area contributed by atoms with Crippen LogP contribution in [0.4, 0.5) is 0 Å². The third-order valence-corrected chi connectivity index (χ3v) is 3.30. The monoisotopic (exact) mass is 237 g/mol. The summed E-state index contributed by atoms with van der Waals surface area (Å²) in [6, 6.07) is 5.46. The van der Waals surface area contributed by atoms with Crippen LogP contribution in [-0.2, 0) is 0 Å². The molecule has 1 aliphatic heterocycles. The smallest absolute Gasteiger partial charge is 0.204 e. The van der Waals surface area contributed by atoms with Crippen molar-refractivity contribution in [3.63, 3.8) is 0 Å². The minimum Gasteiger partial charge on any atom is -0.508 e. The van der Waals surface area contributed by atoms with Crippen molar-refractivity contribution in [2.75, 3.05) is 13.1 Å². The Hall–Kier alpha value is -1.26. The van der Waals surface area contributed by atoms with E-state index < -0.39 is 0 Å². The molecule has 1 aromatic heterocycles. The highest BCUT2D eigenvalue weighted by atomic mass is 35.5. The Kier molecular flexibility index (Phi) is 2.26. The Morgan fingerprint density at radius 3 is 3.12 bits per heavy atom. The van der Waals surface area contributed by atoms with Gasteiger partial charge in [0.2, 0.25) is 5.28 Å². The molecule has 1 aromatic carbocycles. The molecule has 1 unspecified atom stereocenters. The molecule has 0 amide bonds. The zero-order chi connectivity index (χ0) is 11.1. The van der Waals surface area contributed by atoms with E-state index in [1.54, 1.807) is 18.2 Å². The van der Waals surface area contributed by atoms with Gasteiger partial charge in [-0.1, -0.05) is 0 Å². The van der Waals surface area contributed by atoms with E-state index >= 15 is 0 Å². The molecule has 2 N–H and O–H groups in total. The molecule has 1 saturated heterocycles. The molecule has 0 radical (unpaired) electrons. The molecular weight excluding hydrogens is 226 g/mol. The summed E-state index contributed by atoms with van der Waals surface area (Å²) in [5, 5.41) is 13.3. The summed E-state index contributed by atoms with van der Waals surface area (Å²) in [6.45, 7) is 1.90. The average Bonchev–Trinajstić information content (AvgIpc) is 2.83. The maximum atomic E-state index is 9.51. The predicted molar refractivity (Wildman–Crippen MR) is 62.9 cm³/mol. The van der Waals surface area contributed by atoms with Gasteiger partial charge in [0, 0.05) is 12.6 Å². The summed E-state index contributed by atoms with van der Waals surface area (Å²) < 4.78 is 2.00. The largest absolute Gasteiger partial charge is 0.508 e. The Labute approximate surface area is 97.9 Å². The van der Waals surface area contributed by atoms with Crippen LogP contribution in [-0.4, -0.2) is 27.7 Å². The van der Waals surface area contributed by atoms with Crippen LogP contribution in [0.3, 0.4) is 0 Å². The number of halogens is 1. The van der Waals surface area contributed by atoms with Crippen LogP contribution in [0, 0.1) is 0 Å². The van der Waals surface area contributed by atoms with Gasteiger partial charge >= 0.3 is 0 Å². The summed E-state index contributed by atoms with van der Waals surface area (Å²) >= 11 is 6.14. The fourth-order valence-electron chi connectivity index (χ4n) is 2.26. The van der Waals surface area contributed by atoms with E-state index in [1.165, 1.54) is 0 Å². The topological polar surface area (TPSA) is 50.1 Å². The third kappa shape index (κ3) is 1.45. The molecule has 0 spiro atoms. The highest BCUT2D eigenvalue weighted by Crippen LogP contribution is 2.29. The highest BCUT2D eigenvalue weighted by Gasteiger charge is 2.21. The molecule has 16 heavy (non-hydrogen) atoms. The minimum atomic E-state index is 0.247. The normalized spacial score (nSPS) is 20.7. The quantitative estimate of drug-likeness (QED) is 0.797. The van der Waals surface area contributed by atoms with Gasteiger partial charge in [0.1, 0.15) is 5.75 Å². The molecular formula is C11H12ClN3O. The lowest BCUT2D eigenvalue weighted by molar-refractivity contribution is 0.475. The van der Waals surface area contributed by atoms with E-state index in [1.807, 2.05) is 4.57 Å². The van der Waals surface area contributed by atoms with Crippen LogP contribution in [0.25, 0.3) is 11.0 Å². The lowest BCUT2D eigenvalue weighted by Crippen LogP contribution is -2.13. The molecule has 2 heterocycles.